The number of nitrogens with one attached hydrogen (secondary N) is 2. The van der Waals surface area contributed by atoms with E-state index in [4.69, 9.17) is 14.5 Å². The number of hydrogen-bond acceptors (Lipinski definition) is 7. The van der Waals surface area contributed by atoms with E-state index < -0.39 is 11.7 Å². The molecule has 9 heteroatoms. The van der Waals surface area contributed by atoms with Crippen LogP contribution in [-0.4, -0.2) is 50.9 Å². The van der Waals surface area contributed by atoms with E-state index in [2.05, 4.69) is 20.3 Å². The minimum Gasteiger partial charge on any atom is -0.396 e. The lowest BCUT2D eigenvalue weighted by atomic mass is 9.94. The number of nitrogens with zero attached hydrogens (tertiary/aromatic N) is 3. The average Bonchev–Trinajstić information content (AvgIpc) is 3.49. The molecule has 2 fully saturated rings. The molecule has 3 aromatic rings. The SMILES string of the molecule is CC1(CO)COC(c2nc(-c3ccc(F)cc3)c(-c3ccnc(NC4CC4)n3)[nH]2)OC1. The van der Waals surface area contributed by atoms with Gasteiger partial charge in [-0.05, 0) is 43.2 Å². The highest BCUT2D eigenvalue weighted by Gasteiger charge is 2.34. The number of hydrogen-bond donors (Lipinski definition) is 3. The van der Waals surface area contributed by atoms with E-state index in [1.165, 1.54) is 12.1 Å². The highest BCUT2D eigenvalue weighted by molar-refractivity contribution is 5.77. The molecule has 2 aromatic heterocycles. The third-order valence-corrected chi connectivity index (χ3v) is 5.43. The minimum absolute atomic E-state index is 0.0261. The molecule has 3 N–H and O–H groups in total. The number of aromatic nitrogens is 4. The molecular weight excluding hydrogens is 401 g/mol. The van der Waals surface area contributed by atoms with Crippen LogP contribution >= 0.6 is 0 Å². The lowest BCUT2D eigenvalue weighted by Gasteiger charge is -2.35. The number of benzene rings is 1. The molecule has 0 radical (unpaired) electrons. The Hall–Kier alpha value is -2.88. The molecule has 5 rings (SSSR count). The molecule has 3 heterocycles. The van der Waals surface area contributed by atoms with Gasteiger partial charge in [-0.25, -0.2) is 19.3 Å². The number of imidazole rings is 1. The molecule has 2 aliphatic rings. The molecule has 0 bridgehead atoms. The van der Waals surface area contributed by atoms with Gasteiger partial charge in [0.1, 0.15) is 5.82 Å². The van der Waals surface area contributed by atoms with E-state index in [1.54, 1.807) is 24.4 Å². The first kappa shape index (κ1) is 20.0. The summed E-state index contributed by atoms with van der Waals surface area (Å²) in [5, 5.41) is 12.8. The fourth-order valence-electron chi connectivity index (χ4n) is 3.38. The van der Waals surface area contributed by atoms with Gasteiger partial charge in [0.05, 0.1) is 36.9 Å². The fraction of sp³-hybridized carbons (Fsp3) is 0.409. The molecule has 8 nitrogen and oxygen atoms in total. The van der Waals surface area contributed by atoms with Crippen LogP contribution in [0.1, 0.15) is 31.9 Å². The third-order valence-electron chi connectivity index (χ3n) is 5.43. The van der Waals surface area contributed by atoms with Crippen molar-refractivity contribution in [3.8, 4) is 22.6 Å². The molecule has 31 heavy (non-hydrogen) atoms. The monoisotopic (exact) mass is 425 g/mol. The van der Waals surface area contributed by atoms with Gasteiger partial charge in [0.25, 0.3) is 0 Å². The molecular formula is C22H24FN5O3. The van der Waals surface area contributed by atoms with Crippen molar-refractivity contribution < 1.29 is 19.0 Å². The van der Waals surface area contributed by atoms with Crippen molar-refractivity contribution in [3.05, 3.63) is 48.2 Å². The highest BCUT2D eigenvalue weighted by Crippen LogP contribution is 2.35. The Balaban J connectivity index is 1.51. The van der Waals surface area contributed by atoms with Crippen molar-refractivity contribution in [2.45, 2.75) is 32.1 Å². The van der Waals surface area contributed by atoms with Gasteiger partial charge in [0.2, 0.25) is 12.2 Å². The zero-order chi connectivity index (χ0) is 21.4. The maximum atomic E-state index is 13.5. The van der Waals surface area contributed by atoms with Gasteiger partial charge >= 0.3 is 0 Å². The van der Waals surface area contributed by atoms with Gasteiger partial charge in [-0.3, -0.25) is 0 Å². The molecule has 0 amide bonds. The number of aliphatic hydroxyl groups is 1. The Morgan fingerprint density at radius 2 is 1.90 bits per heavy atom. The molecule has 0 unspecified atom stereocenters. The summed E-state index contributed by atoms with van der Waals surface area (Å²) in [4.78, 5) is 16.9. The Labute approximate surface area is 178 Å². The summed E-state index contributed by atoms with van der Waals surface area (Å²) < 4.78 is 25.2. The zero-order valence-electron chi connectivity index (χ0n) is 17.1. The molecule has 1 aromatic carbocycles. The molecule has 1 aliphatic carbocycles. The smallest absolute Gasteiger partial charge is 0.223 e. The van der Waals surface area contributed by atoms with E-state index in [0.717, 1.165) is 18.4 Å². The van der Waals surface area contributed by atoms with Crippen molar-refractivity contribution in [2.24, 2.45) is 5.41 Å². The number of rotatable bonds is 6. The zero-order valence-corrected chi connectivity index (χ0v) is 17.1. The summed E-state index contributed by atoms with van der Waals surface area (Å²) in [5.74, 6) is 0.732. The average molecular weight is 425 g/mol. The van der Waals surface area contributed by atoms with E-state index >= 15 is 0 Å². The lowest BCUT2D eigenvalue weighted by Crippen LogP contribution is -2.39. The first-order valence-corrected chi connectivity index (χ1v) is 10.3. The van der Waals surface area contributed by atoms with Gasteiger partial charge in [0, 0.05) is 23.2 Å². The van der Waals surface area contributed by atoms with Crippen molar-refractivity contribution in [1.29, 1.82) is 0 Å². The second-order valence-electron chi connectivity index (χ2n) is 8.46. The molecule has 1 saturated heterocycles. The predicted octanol–water partition coefficient (Wildman–Crippen LogP) is 3.29. The van der Waals surface area contributed by atoms with Crippen LogP contribution in [0.15, 0.2) is 36.5 Å². The van der Waals surface area contributed by atoms with Crippen LogP contribution < -0.4 is 5.32 Å². The quantitative estimate of drug-likeness (QED) is 0.557. The standard InChI is InChI=1S/C22H24FN5O3/c1-22(10-29)11-30-20(31-12-22)19-27-17(13-2-4-14(23)5-3-13)18(28-19)16-8-9-24-21(26-16)25-15-6-7-15/h2-5,8-9,15,20,29H,6-7,10-12H2,1H3,(H,27,28)(H,24,25,26). The van der Waals surface area contributed by atoms with Crippen molar-refractivity contribution in [1.82, 2.24) is 19.9 Å². The first-order chi connectivity index (χ1) is 15.0. The van der Waals surface area contributed by atoms with Crippen LogP contribution in [0.3, 0.4) is 0 Å². The summed E-state index contributed by atoms with van der Waals surface area (Å²) in [6, 6.07) is 8.37. The van der Waals surface area contributed by atoms with Crippen LogP contribution in [0.2, 0.25) is 0 Å². The van der Waals surface area contributed by atoms with E-state index in [-0.39, 0.29) is 12.4 Å². The number of halogens is 1. The normalized spacial score (nSPS) is 23.6. The number of aliphatic hydroxyl groups excluding tert-OH is 1. The van der Waals surface area contributed by atoms with Gasteiger partial charge in [-0.15, -0.1) is 0 Å². The maximum Gasteiger partial charge on any atom is 0.223 e. The van der Waals surface area contributed by atoms with E-state index in [1.807, 2.05) is 6.92 Å². The summed E-state index contributed by atoms with van der Waals surface area (Å²) in [6.45, 7) is 2.57. The Morgan fingerprint density at radius 1 is 1.16 bits per heavy atom. The summed E-state index contributed by atoms with van der Waals surface area (Å²) in [5.41, 5.74) is 2.25. The lowest BCUT2D eigenvalue weighted by molar-refractivity contribution is -0.239. The van der Waals surface area contributed by atoms with Crippen LogP contribution in [0.25, 0.3) is 22.6 Å². The summed E-state index contributed by atoms with van der Waals surface area (Å²) in [6.07, 6.45) is 3.23. The third kappa shape index (κ3) is 4.30. The highest BCUT2D eigenvalue weighted by atomic mass is 19.1. The number of ether oxygens (including phenoxy) is 2. The van der Waals surface area contributed by atoms with Gasteiger partial charge in [0.15, 0.2) is 5.82 Å². The molecule has 0 atom stereocenters. The molecule has 1 saturated carbocycles. The van der Waals surface area contributed by atoms with E-state index in [9.17, 15) is 9.50 Å². The van der Waals surface area contributed by atoms with Crippen LogP contribution in [-0.2, 0) is 9.47 Å². The Kier molecular flexibility index (Phi) is 5.17. The largest absolute Gasteiger partial charge is 0.396 e. The van der Waals surface area contributed by atoms with Crippen LogP contribution in [0.4, 0.5) is 10.3 Å². The molecule has 1 aliphatic heterocycles. The second-order valence-corrected chi connectivity index (χ2v) is 8.46. The second kappa shape index (κ2) is 7.99. The van der Waals surface area contributed by atoms with Gasteiger partial charge in [-0.1, -0.05) is 6.92 Å². The topological polar surface area (TPSA) is 105 Å². The van der Waals surface area contributed by atoms with Crippen molar-refractivity contribution in [3.63, 3.8) is 0 Å². The predicted molar refractivity (Wildman–Crippen MR) is 111 cm³/mol. The van der Waals surface area contributed by atoms with Crippen LogP contribution in [0, 0.1) is 11.2 Å². The Morgan fingerprint density at radius 3 is 2.58 bits per heavy atom. The first-order valence-electron chi connectivity index (χ1n) is 10.3. The van der Waals surface area contributed by atoms with Gasteiger partial charge < -0.3 is 24.9 Å². The Bertz CT molecular complexity index is 1060. The number of aromatic amines is 1. The molecule has 162 valence electrons. The van der Waals surface area contributed by atoms with Crippen molar-refractivity contribution >= 4 is 5.95 Å². The fourth-order valence-corrected chi connectivity index (χ4v) is 3.38. The number of anilines is 1. The minimum atomic E-state index is -0.696. The number of H-pyrrole nitrogens is 1. The summed E-state index contributed by atoms with van der Waals surface area (Å²) >= 11 is 0. The van der Waals surface area contributed by atoms with Crippen molar-refractivity contribution in [2.75, 3.05) is 25.1 Å². The van der Waals surface area contributed by atoms with Crippen LogP contribution in [0.5, 0.6) is 0 Å². The summed E-state index contributed by atoms with van der Waals surface area (Å²) in [7, 11) is 0. The van der Waals surface area contributed by atoms with E-state index in [0.29, 0.717) is 48.1 Å². The maximum absolute atomic E-state index is 13.5. The van der Waals surface area contributed by atoms with Gasteiger partial charge in [-0.2, -0.15) is 0 Å². The molecule has 0 spiro atoms.